The summed E-state index contributed by atoms with van der Waals surface area (Å²) < 4.78 is 11.3. The van der Waals surface area contributed by atoms with E-state index in [4.69, 9.17) is 9.47 Å². The van der Waals surface area contributed by atoms with Gasteiger partial charge in [-0.1, -0.05) is 30.3 Å². The van der Waals surface area contributed by atoms with Crippen molar-refractivity contribution in [1.29, 1.82) is 0 Å². The molecule has 0 unspecified atom stereocenters. The lowest BCUT2D eigenvalue weighted by molar-refractivity contribution is -0.118. The SMILES string of the molecule is O=C(CSc1ccc2c(c1)OCCCO2)NCCc1ccccc1. The highest BCUT2D eigenvalue weighted by molar-refractivity contribution is 8.00. The van der Waals surface area contributed by atoms with Crippen molar-refractivity contribution in [3.05, 3.63) is 54.1 Å². The fourth-order valence-corrected chi connectivity index (χ4v) is 3.18. The van der Waals surface area contributed by atoms with E-state index in [-0.39, 0.29) is 5.91 Å². The van der Waals surface area contributed by atoms with Gasteiger partial charge >= 0.3 is 0 Å². The Labute approximate surface area is 146 Å². The molecule has 24 heavy (non-hydrogen) atoms. The number of thioether (sulfide) groups is 1. The first-order chi connectivity index (χ1) is 11.8. The van der Waals surface area contributed by atoms with E-state index in [1.165, 1.54) is 17.3 Å². The number of carbonyl (C=O) groups excluding carboxylic acids is 1. The molecule has 0 aliphatic carbocycles. The van der Waals surface area contributed by atoms with E-state index in [1.54, 1.807) is 0 Å². The summed E-state index contributed by atoms with van der Waals surface area (Å²) in [4.78, 5) is 13.0. The zero-order chi connectivity index (χ0) is 16.6. The molecule has 2 aromatic rings. The first-order valence-corrected chi connectivity index (χ1v) is 9.13. The van der Waals surface area contributed by atoms with Crippen molar-refractivity contribution < 1.29 is 14.3 Å². The third kappa shape index (κ3) is 4.93. The molecule has 0 spiro atoms. The zero-order valence-electron chi connectivity index (χ0n) is 13.5. The van der Waals surface area contributed by atoms with Gasteiger partial charge in [0.25, 0.3) is 0 Å². The van der Waals surface area contributed by atoms with E-state index in [9.17, 15) is 4.79 Å². The number of fused-ring (bicyclic) bond motifs is 1. The molecule has 3 rings (SSSR count). The second-order valence-electron chi connectivity index (χ2n) is 5.53. The van der Waals surface area contributed by atoms with Crippen molar-refractivity contribution in [2.45, 2.75) is 17.7 Å². The minimum Gasteiger partial charge on any atom is -0.490 e. The molecule has 1 aliphatic rings. The summed E-state index contributed by atoms with van der Waals surface area (Å²) in [6.07, 6.45) is 1.74. The standard InChI is InChI=1S/C19H21NO3S/c21-19(20-10-9-15-5-2-1-3-6-15)14-24-16-7-8-17-18(13-16)23-12-4-11-22-17/h1-3,5-8,13H,4,9-12,14H2,(H,20,21). The predicted molar refractivity (Wildman–Crippen MR) is 95.9 cm³/mol. The molecule has 2 aromatic carbocycles. The Morgan fingerprint density at radius 1 is 1.04 bits per heavy atom. The lowest BCUT2D eigenvalue weighted by Gasteiger charge is -2.09. The molecule has 5 heteroatoms. The maximum absolute atomic E-state index is 12.0. The van der Waals surface area contributed by atoms with Gasteiger partial charge in [-0.15, -0.1) is 11.8 Å². The zero-order valence-corrected chi connectivity index (χ0v) is 14.3. The highest BCUT2D eigenvalue weighted by Gasteiger charge is 2.11. The van der Waals surface area contributed by atoms with Gasteiger partial charge in [0.1, 0.15) is 0 Å². The summed E-state index contributed by atoms with van der Waals surface area (Å²) in [6, 6.07) is 16.0. The quantitative estimate of drug-likeness (QED) is 0.818. The first-order valence-electron chi connectivity index (χ1n) is 8.14. The summed E-state index contributed by atoms with van der Waals surface area (Å²) in [7, 11) is 0. The van der Waals surface area contributed by atoms with E-state index in [0.29, 0.717) is 25.5 Å². The third-order valence-corrected chi connectivity index (χ3v) is 4.66. The molecular formula is C19H21NO3S. The van der Waals surface area contributed by atoms with Crippen LogP contribution in [0.25, 0.3) is 0 Å². The minimum absolute atomic E-state index is 0.0445. The summed E-state index contributed by atoms with van der Waals surface area (Å²) in [5.74, 6) is 1.99. The third-order valence-electron chi connectivity index (χ3n) is 3.67. The molecule has 1 amide bonds. The van der Waals surface area contributed by atoms with Gasteiger partial charge in [-0.2, -0.15) is 0 Å². The van der Waals surface area contributed by atoms with Crippen molar-refractivity contribution in [2.24, 2.45) is 0 Å². The first kappa shape index (κ1) is 16.7. The lowest BCUT2D eigenvalue weighted by Crippen LogP contribution is -2.27. The van der Waals surface area contributed by atoms with Gasteiger partial charge < -0.3 is 14.8 Å². The Hall–Kier alpha value is -2.14. The van der Waals surface area contributed by atoms with Crippen LogP contribution in [0.4, 0.5) is 0 Å². The van der Waals surface area contributed by atoms with Crippen LogP contribution >= 0.6 is 11.8 Å². The maximum Gasteiger partial charge on any atom is 0.230 e. The monoisotopic (exact) mass is 343 g/mol. The van der Waals surface area contributed by atoms with E-state index in [2.05, 4.69) is 17.4 Å². The molecule has 0 saturated heterocycles. The fourth-order valence-electron chi connectivity index (χ4n) is 2.42. The maximum atomic E-state index is 12.0. The number of hydrogen-bond acceptors (Lipinski definition) is 4. The Morgan fingerprint density at radius 3 is 2.67 bits per heavy atom. The Bertz CT molecular complexity index is 676. The van der Waals surface area contributed by atoms with Gasteiger partial charge in [-0.3, -0.25) is 4.79 Å². The molecule has 1 heterocycles. The van der Waals surface area contributed by atoms with Gasteiger partial charge in [0.2, 0.25) is 5.91 Å². The summed E-state index contributed by atoms with van der Waals surface area (Å²) in [5.41, 5.74) is 1.23. The van der Waals surface area contributed by atoms with Gasteiger partial charge in [0, 0.05) is 17.9 Å². The molecule has 4 nitrogen and oxygen atoms in total. The van der Waals surface area contributed by atoms with Gasteiger partial charge in [-0.25, -0.2) is 0 Å². The van der Waals surface area contributed by atoms with Crippen molar-refractivity contribution in [3.63, 3.8) is 0 Å². The lowest BCUT2D eigenvalue weighted by atomic mass is 10.1. The van der Waals surface area contributed by atoms with Gasteiger partial charge in [0.05, 0.1) is 19.0 Å². The Kier molecular flexibility index (Phi) is 6.01. The van der Waals surface area contributed by atoms with Crippen LogP contribution in [0.1, 0.15) is 12.0 Å². The van der Waals surface area contributed by atoms with Crippen LogP contribution < -0.4 is 14.8 Å². The molecular weight excluding hydrogens is 322 g/mol. The number of carbonyl (C=O) groups is 1. The van der Waals surface area contributed by atoms with Crippen LogP contribution in [-0.4, -0.2) is 31.4 Å². The van der Waals surface area contributed by atoms with Crippen molar-refractivity contribution >= 4 is 17.7 Å². The molecule has 0 atom stereocenters. The summed E-state index contributed by atoms with van der Waals surface area (Å²) in [5, 5.41) is 2.96. The highest BCUT2D eigenvalue weighted by atomic mass is 32.2. The predicted octanol–water partition coefficient (Wildman–Crippen LogP) is 3.30. The van der Waals surface area contributed by atoms with E-state index >= 15 is 0 Å². The average Bonchev–Trinajstić information content (AvgIpc) is 2.86. The number of ether oxygens (including phenoxy) is 2. The molecule has 0 radical (unpaired) electrons. The van der Waals surface area contributed by atoms with Crippen molar-refractivity contribution in [2.75, 3.05) is 25.5 Å². The fraction of sp³-hybridized carbons (Fsp3) is 0.316. The average molecular weight is 343 g/mol. The smallest absolute Gasteiger partial charge is 0.230 e. The number of nitrogens with one attached hydrogen (secondary N) is 1. The summed E-state index contributed by atoms with van der Waals surface area (Å²) >= 11 is 1.51. The molecule has 0 bridgehead atoms. The molecule has 0 saturated carbocycles. The van der Waals surface area contributed by atoms with Crippen LogP contribution in [0.15, 0.2) is 53.4 Å². The van der Waals surface area contributed by atoms with Crippen LogP contribution in [0.3, 0.4) is 0 Å². The number of hydrogen-bond donors (Lipinski definition) is 1. The van der Waals surface area contributed by atoms with E-state index in [1.807, 2.05) is 36.4 Å². The van der Waals surface area contributed by atoms with Crippen LogP contribution in [0, 0.1) is 0 Å². The normalized spacial score (nSPS) is 13.2. The van der Waals surface area contributed by atoms with Crippen molar-refractivity contribution in [1.82, 2.24) is 5.32 Å². The van der Waals surface area contributed by atoms with Crippen LogP contribution in [-0.2, 0) is 11.2 Å². The van der Waals surface area contributed by atoms with E-state index < -0.39 is 0 Å². The molecule has 0 aromatic heterocycles. The highest BCUT2D eigenvalue weighted by Crippen LogP contribution is 2.33. The Balaban J connectivity index is 1.43. The molecule has 0 fully saturated rings. The topological polar surface area (TPSA) is 47.6 Å². The molecule has 1 N–H and O–H groups in total. The summed E-state index contributed by atoms with van der Waals surface area (Å²) in [6.45, 7) is 2.01. The van der Waals surface area contributed by atoms with Crippen LogP contribution in [0.5, 0.6) is 11.5 Å². The minimum atomic E-state index is 0.0445. The van der Waals surface area contributed by atoms with Gasteiger partial charge in [0.15, 0.2) is 11.5 Å². The van der Waals surface area contributed by atoms with Crippen LogP contribution in [0.2, 0.25) is 0 Å². The van der Waals surface area contributed by atoms with E-state index in [0.717, 1.165) is 29.2 Å². The van der Waals surface area contributed by atoms with Crippen molar-refractivity contribution in [3.8, 4) is 11.5 Å². The molecule has 126 valence electrons. The second-order valence-corrected chi connectivity index (χ2v) is 6.58. The number of amides is 1. The second kappa shape index (κ2) is 8.64. The largest absolute Gasteiger partial charge is 0.490 e. The number of rotatable bonds is 6. The van der Waals surface area contributed by atoms with Gasteiger partial charge in [-0.05, 0) is 30.2 Å². The Morgan fingerprint density at radius 2 is 1.83 bits per heavy atom. The molecule has 1 aliphatic heterocycles. The number of benzene rings is 2.